The highest BCUT2D eigenvalue weighted by Gasteiger charge is 2.46. The number of imide groups is 1. The number of aryl methyl sites for hydroxylation is 1. The lowest BCUT2D eigenvalue weighted by atomic mass is 9.84. The molecule has 314 valence electrons. The number of nitrogens with zero attached hydrogens (tertiary/aromatic N) is 9. The quantitative estimate of drug-likeness (QED) is 0.163. The number of likely N-dealkylation sites (N-methyl/N-ethyl adjacent to an activating group) is 1. The molecule has 10 rings (SSSR count). The summed E-state index contributed by atoms with van der Waals surface area (Å²) in [5, 5.41) is 15.1. The minimum atomic E-state index is -0.425. The smallest absolute Gasteiger partial charge is 0.294 e. The second-order valence-electron chi connectivity index (χ2n) is 16.6. The van der Waals surface area contributed by atoms with Crippen molar-refractivity contribution in [1.82, 2.24) is 44.8 Å². The van der Waals surface area contributed by atoms with E-state index in [1.807, 2.05) is 37.7 Å². The van der Waals surface area contributed by atoms with Gasteiger partial charge in [-0.2, -0.15) is 10.1 Å². The summed E-state index contributed by atoms with van der Waals surface area (Å²) in [5.41, 5.74) is 3.67. The zero-order valence-electron chi connectivity index (χ0n) is 34.2. The van der Waals surface area contributed by atoms with E-state index < -0.39 is 5.92 Å². The van der Waals surface area contributed by atoms with E-state index in [0.717, 1.165) is 74.3 Å². The molecule has 0 saturated carbocycles. The van der Waals surface area contributed by atoms with Crippen molar-refractivity contribution in [2.45, 2.75) is 70.0 Å². The topological polar surface area (TPSA) is 185 Å². The molecule has 0 radical (unpaired) electrons. The third kappa shape index (κ3) is 7.37. The number of carbonyl (C=O) groups is 3. The van der Waals surface area contributed by atoms with Crippen LogP contribution in [0.2, 0.25) is 5.02 Å². The molecular formula is C42H49ClN12O5. The normalized spacial score (nSPS) is 21.1. The van der Waals surface area contributed by atoms with Gasteiger partial charge in [0.2, 0.25) is 17.8 Å². The molecule has 0 spiro atoms. The van der Waals surface area contributed by atoms with Gasteiger partial charge in [-0.15, -0.1) is 0 Å². The van der Waals surface area contributed by atoms with Crippen molar-refractivity contribution in [1.29, 1.82) is 0 Å². The van der Waals surface area contributed by atoms with Crippen LogP contribution in [-0.2, 0) is 21.4 Å². The first kappa shape index (κ1) is 39.6. The Labute approximate surface area is 351 Å². The fraction of sp³-hybridized carbons (Fsp3) is 0.476. The number of anilines is 4. The molecule has 5 aliphatic heterocycles. The van der Waals surface area contributed by atoms with Crippen molar-refractivity contribution >= 4 is 74.4 Å². The monoisotopic (exact) mass is 836 g/mol. The van der Waals surface area contributed by atoms with Crippen LogP contribution in [0.1, 0.15) is 63.6 Å². The van der Waals surface area contributed by atoms with Gasteiger partial charge in [0.15, 0.2) is 18.2 Å². The number of para-hydroxylation sites is 1. The molecule has 5 aromatic rings. The molecule has 60 heavy (non-hydrogen) atoms. The van der Waals surface area contributed by atoms with Crippen LogP contribution in [0.3, 0.4) is 0 Å². The third-order valence-corrected chi connectivity index (χ3v) is 12.8. The molecule has 5 aliphatic rings. The van der Waals surface area contributed by atoms with E-state index in [0.29, 0.717) is 64.4 Å². The Morgan fingerprint density at radius 1 is 1.03 bits per heavy atom. The number of amides is 3. The van der Waals surface area contributed by atoms with E-state index in [9.17, 15) is 19.2 Å². The molecule has 5 saturated heterocycles. The van der Waals surface area contributed by atoms with Gasteiger partial charge in [-0.3, -0.25) is 38.6 Å². The summed E-state index contributed by atoms with van der Waals surface area (Å²) in [6.45, 7) is 8.13. The Morgan fingerprint density at radius 2 is 1.82 bits per heavy atom. The zero-order chi connectivity index (χ0) is 41.8. The predicted molar refractivity (Wildman–Crippen MR) is 228 cm³/mol. The largest absolute Gasteiger partial charge is 0.478 e. The highest BCUT2D eigenvalue weighted by atomic mass is 35.5. The summed E-state index contributed by atoms with van der Waals surface area (Å²) in [4.78, 5) is 71.1. The van der Waals surface area contributed by atoms with Crippen LogP contribution < -0.4 is 36.0 Å². The number of hydrogen-bond acceptors (Lipinski definition) is 13. The Bertz CT molecular complexity index is 2560. The van der Waals surface area contributed by atoms with Crippen molar-refractivity contribution in [2.24, 2.45) is 13.0 Å². The Kier molecular flexibility index (Phi) is 10.6. The maximum atomic E-state index is 13.2. The average Bonchev–Trinajstić information content (AvgIpc) is 3.58. The highest BCUT2D eigenvalue weighted by molar-refractivity contribution is 6.33. The SMILES string of the molecule is CNC(=O)COc1cc2cc(Nc3nc(N4CC5CC(C4)N5CC4CCN(c5cccc6c(C7CCC(=O)NC7=O)nn(C)c56)CC4)ncc3Cl)cnc2n(C(C)C)c1=O. The van der Waals surface area contributed by atoms with Gasteiger partial charge < -0.3 is 25.2 Å². The number of piperidine rings is 3. The van der Waals surface area contributed by atoms with Crippen LogP contribution in [0.25, 0.3) is 21.9 Å². The molecule has 3 unspecified atom stereocenters. The fourth-order valence-electron chi connectivity index (χ4n) is 9.41. The summed E-state index contributed by atoms with van der Waals surface area (Å²) in [6.07, 6.45) is 7.40. The van der Waals surface area contributed by atoms with E-state index >= 15 is 0 Å². The van der Waals surface area contributed by atoms with Crippen molar-refractivity contribution in [3.8, 4) is 5.75 Å². The van der Waals surface area contributed by atoms with Gasteiger partial charge >= 0.3 is 0 Å². The van der Waals surface area contributed by atoms with E-state index in [1.54, 1.807) is 23.0 Å². The van der Waals surface area contributed by atoms with Gasteiger partial charge in [0, 0.05) is 82.1 Å². The molecule has 4 aromatic heterocycles. The number of halogens is 1. The Hall–Kier alpha value is -5.81. The first-order valence-corrected chi connectivity index (χ1v) is 21.1. The van der Waals surface area contributed by atoms with Crippen LogP contribution in [0.5, 0.6) is 5.75 Å². The number of aromatic nitrogens is 6. The summed E-state index contributed by atoms with van der Waals surface area (Å²) < 4.78 is 9.05. The molecule has 3 N–H and O–H groups in total. The van der Waals surface area contributed by atoms with Gasteiger partial charge in [0.25, 0.3) is 11.5 Å². The van der Waals surface area contributed by atoms with Crippen molar-refractivity contribution in [2.75, 3.05) is 61.5 Å². The molecule has 3 amide bonds. The zero-order valence-corrected chi connectivity index (χ0v) is 34.9. The van der Waals surface area contributed by atoms with Gasteiger partial charge in [-0.1, -0.05) is 23.7 Å². The van der Waals surface area contributed by atoms with Crippen LogP contribution in [0.4, 0.5) is 23.1 Å². The molecule has 1 aromatic carbocycles. The van der Waals surface area contributed by atoms with E-state index in [1.165, 1.54) is 7.05 Å². The number of pyridine rings is 2. The first-order valence-electron chi connectivity index (χ1n) is 20.7. The lowest BCUT2D eigenvalue weighted by Crippen LogP contribution is -2.69. The predicted octanol–water partition coefficient (Wildman–Crippen LogP) is 3.88. The van der Waals surface area contributed by atoms with Gasteiger partial charge in [-0.25, -0.2) is 9.97 Å². The molecule has 9 heterocycles. The van der Waals surface area contributed by atoms with Gasteiger partial charge in [-0.05, 0) is 63.6 Å². The van der Waals surface area contributed by atoms with E-state index in [2.05, 4.69) is 52.8 Å². The lowest BCUT2D eigenvalue weighted by Gasteiger charge is -2.57. The van der Waals surface area contributed by atoms with Crippen LogP contribution in [0.15, 0.2) is 47.5 Å². The molecule has 2 bridgehead atoms. The average molecular weight is 837 g/mol. The highest BCUT2D eigenvalue weighted by Crippen LogP contribution is 2.39. The number of rotatable bonds is 11. The summed E-state index contributed by atoms with van der Waals surface area (Å²) in [7, 11) is 3.45. The van der Waals surface area contributed by atoms with Crippen LogP contribution >= 0.6 is 11.6 Å². The molecule has 18 heteroatoms. The molecule has 17 nitrogen and oxygen atoms in total. The molecule has 5 fully saturated rings. The number of ether oxygens (including phenoxy) is 1. The Morgan fingerprint density at radius 3 is 2.55 bits per heavy atom. The van der Waals surface area contributed by atoms with Crippen LogP contribution in [-0.4, -0.2) is 110 Å². The maximum Gasteiger partial charge on any atom is 0.294 e. The molecule has 3 atom stereocenters. The Balaban J connectivity index is 0.832. The third-order valence-electron chi connectivity index (χ3n) is 12.5. The number of piperazine rings is 1. The number of benzene rings is 1. The minimum Gasteiger partial charge on any atom is -0.478 e. The van der Waals surface area contributed by atoms with Gasteiger partial charge in [0.1, 0.15) is 10.7 Å². The summed E-state index contributed by atoms with van der Waals surface area (Å²) in [5.74, 6) is 0.465. The van der Waals surface area contributed by atoms with Crippen molar-refractivity contribution in [3.63, 3.8) is 0 Å². The van der Waals surface area contributed by atoms with E-state index in [-0.39, 0.29) is 41.7 Å². The first-order chi connectivity index (χ1) is 28.9. The standard InChI is InChI=1S/C42H49ClN12O5/c1-23(2)55-39-25(15-33(41(55)59)60-22-35(57)44-3)14-26(17-45-39)47-38-31(43)18-46-42(49-38)53-20-27-16-28(21-53)54(27)19-24-10-12-52(13-11-24)32-7-5-6-29-36(50-51(4)37(29)32)30-8-9-34(56)48-40(30)58/h5-7,14-15,17-18,23-24,27-28,30H,8-13,16,19-22H2,1-4H3,(H,44,57)(H,46,47,49)(H,48,56,58). The minimum absolute atomic E-state index is 0.0614. The molecular weight excluding hydrogens is 788 g/mol. The van der Waals surface area contributed by atoms with Crippen molar-refractivity contribution < 1.29 is 19.1 Å². The van der Waals surface area contributed by atoms with Crippen molar-refractivity contribution in [3.05, 3.63) is 63.8 Å². The molecule has 0 aliphatic carbocycles. The summed E-state index contributed by atoms with van der Waals surface area (Å²) in [6, 6.07) is 10.3. The van der Waals surface area contributed by atoms with Crippen LogP contribution in [0, 0.1) is 5.92 Å². The number of fused-ring (bicyclic) bond motifs is 4. The maximum absolute atomic E-state index is 13.2. The summed E-state index contributed by atoms with van der Waals surface area (Å²) >= 11 is 6.63. The second kappa shape index (κ2) is 16.0. The van der Waals surface area contributed by atoms with E-state index in [4.69, 9.17) is 26.4 Å². The number of nitrogens with one attached hydrogen (secondary N) is 3. The number of hydrogen-bond donors (Lipinski definition) is 3. The fourth-order valence-corrected chi connectivity index (χ4v) is 9.55. The second-order valence-corrected chi connectivity index (χ2v) is 17.0. The van der Waals surface area contributed by atoms with Gasteiger partial charge in [0.05, 0.1) is 40.9 Å². The number of carbonyl (C=O) groups excluding carboxylic acids is 3. The lowest BCUT2D eigenvalue weighted by molar-refractivity contribution is -0.134.